The predicted octanol–water partition coefficient (Wildman–Crippen LogP) is 3.50. The topological polar surface area (TPSA) is 42.7 Å². The molecule has 0 saturated heterocycles. The molecule has 2 aromatic heterocycles. The monoisotopic (exact) mass is 278 g/mol. The molecule has 1 N–H and O–H groups in total. The number of hydrogen-bond donors (Lipinski definition) is 1. The first kappa shape index (κ1) is 13.4. The minimum Gasteiger partial charge on any atom is -0.376 e. The van der Waals surface area contributed by atoms with E-state index in [0.717, 1.165) is 28.5 Å². The summed E-state index contributed by atoms with van der Waals surface area (Å²) >= 11 is 0. The zero-order chi connectivity index (χ0) is 14.7. The van der Waals surface area contributed by atoms with Crippen molar-refractivity contribution >= 4 is 5.69 Å². The third kappa shape index (κ3) is 2.79. The van der Waals surface area contributed by atoms with Gasteiger partial charge in [-0.2, -0.15) is 5.10 Å². The Morgan fingerprint density at radius 2 is 1.76 bits per heavy atom. The van der Waals surface area contributed by atoms with E-state index in [2.05, 4.69) is 34.5 Å². The van der Waals surface area contributed by atoms with Gasteiger partial charge in [-0.3, -0.25) is 4.98 Å². The van der Waals surface area contributed by atoms with Gasteiger partial charge in [-0.15, -0.1) is 0 Å². The molecule has 0 aliphatic carbocycles. The van der Waals surface area contributed by atoms with Gasteiger partial charge in [0.25, 0.3) is 0 Å². The zero-order valence-electron chi connectivity index (χ0n) is 12.2. The van der Waals surface area contributed by atoms with Crippen molar-refractivity contribution < 1.29 is 0 Å². The molecule has 0 spiro atoms. The van der Waals surface area contributed by atoms with Crippen LogP contribution in [0.2, 0.25) is 0 Å². The fourth-order valence-corrected chi connectivity index (χ4v) is 2.40. The molecule has 0 fully saturated rings. The van der Waals surface area contributed by atoms with Crippen LogP contribution in [-0.4, -0.2) is 14.8 Å². The lowest BCUT2D eigenvalue weighted by Crippen LogP contribution is -2.03. The van der Waals surface area contributed by atoms with Crippen LogP contribution in [0.5, 0.6) is 0 Å². The second-order valence-electron chi connectivity index (χ2n) is 4.97. The lowest BCUT2D eigenvalue weighted by atomic mass is 10.2. The fourth-order valence-electron chi connectivity index (χ4n) is 2.40. The van der Waals surface area contributed by atoms with Gasteiger partial charge in [0.1, 0.15) is 0 Å². The van der Waals surface area contributed by atoms with E-state index in [1.165, 1.54) is 0 Å². The van der Waals surface area contributed by atoms with Crippen LogP contribution in [0.25, 0.3) is 5.69 Å². The molecule has 0 radical (unpaired) electrons. The molecule has 0 atom stereocenters. The molecule has 4 heteroatoms. The average Bonchev–Trinajstić information content (AvgIpc) is 2.82. The molecule has 3 aromatic rings. The van der Waals surface area contributed by atoms with Crippen LogP contribution in [0.3, 0.4) is 0 Å². The molecule has 0 bridgehead atoms. The van der Waals surface area contributed by atoms with Crippen molar-refractivity contribution in [2.75, 3.05) is 5.32 Å². The highest BCUT2D eigenvalue weighted by molar-refractivity contribution is 5.54. The molecule has 0 aliphatic heterocycles. The lowest BCUT2D eigenvalue weighted by Gasteiger charge is -2.07. The Morgan fingerprint density at radius 3 is 2.48 bits per heavy atom. The highest BCUT2D eigenvalue weighted by Gasteiger charge is 2.12. The summed E-state index contributed by atoms with van der Waals surface area (Å²) in [6, 6.07) is 16.1. The van der Waals surface area contributed by atoms with Crippen molar-refractivity contribution in [3.05, 3.63) is 71.8 Å². The van der Waals surface area contributed by atoms with Gasteiger partial charge in [0, 0.05) is 6.20 Å². The predicted molar refractivity (Wildman–Crippen MR) is 84.6 cm³/mol. The summed E-state index contributed by atoms with van der Waals surface area (Å²) in [6.07, 6.45) is 1.81. The molecular formula is C17H18N4. The summed E-state index contributed by atoms with van der Waals surface area (Å²) in [5.41, 5.74) is 5.26. The lowest BCUT2D eigenvalue weighted by molar-refractivity contribution is 0.833. The minimum absolute atomic E-state index is 0.697. The average molecular weight is 278 g/mol. The van der Waals surface area contributed by atoms with E-state index < -0.39 is 0 Å². The third-order valence-electron chi connectivity index (χ3n) is 3.46. The third-order valence-corrected chi connectivity index (χ3v) is 3.46. The van der Waals surface area contributed by atoms with Gasteiger partial charge in [0.15, 0.2) is 0 Å². The van der Waals surface area contributed by atoms with E-state index in [1.807, 2.05) is 54.2 Å². The Morgan fingerprint density at radius 1 is 1.00 bits per heavy atom. The maximum atomic E-state index is 4.63. The van der Waals surface area contributed by atoms with Crippen LogP contribution < -0.4 is 5.32 Å². The number of anilines is 1. The number of aryl methyl sites for hydroxylation is 1. The maximum absolute atomic E-state index is 4.63. The number of benzene rings is 1. The Labute approximate surface area is 124 Å². The van der Waals surface area contributed by atoms with Crippen LogP contribution >= 0.6 is 0 Å². The molecule has 1 aromatic carbocycles. The number of aromatic nitrogens is 3. The fraction of sp³-hybridized carbons (Fsp3) is 0.176. The molecule has 21 heavy (non-hydrogen) atoms. The first-order valence-corrected chi connectivity index (χ1v) is 7.01. The molecule has 4 nitrogen and oxygen atoms in total. The van der Waals surface area contributed by atoms with Crippen molar-refractivity contribution in [2.45, 2.75) is 20.4 Å². The SMILES string of the molecule is Cc1nn(-c2ccccc2)c(C)c1NCc1ccccn1. The standard InChI is InChI=1S/C17H18N4/c1-13-17(19-12-15-8-6-7-11-18-15)14(2)21(20-13)16-9-4-3-5-10-16/h3-11,19H,12H2,1-2H3. The van der Waals surface area contributed by atoms with Crippen molar-refractivity contribution in [1.29, 1.82) is 0 Å². The summed E-state index contributed by atoms with van der Waals surface area (Å²) in [7, 11) is 0. The van der Waals surface area contributed by atoms with E-state index >= 15 is 0 Å². The van der Waals surface area contributed by atoms with Gasteiger partial charge in [-0.05, 0) is 38.1 Å². The van der Waals surface area contributed by atoms with Crippen LogP contribution in [0.15, 0.2) is 54.7 Å². The van der Waals surface area contributed by atoms with Crippen LogP contribution in [0.4, 0.5) is 5.69 Å². The number of hydrogen-bond acceptors (Lipinski definition) is 3. The van der Waals surface area contributed by atoms with Crippen LogP contribution in [0.1, 0.15) is 17.1 Å². The quantitative estimate of drug-likeness (QED) is 0.794. The molecule has 0 saturated carbocycles. The van der Waals surface area contributed by atoms with E-state index in [4.69, 9.17) is 0 Å². The van der Waals surface area contributed by atoms with Crippen molar-refractivity contribution in [2.24, 2.45) is 0 Å². The highest BCUT2D eigenvalue weighted by atomic mass is 15.3. The summed E-state index contributed by atoms with van der Waals surface area (Å²) in [6.45, 7) is 4.80. The Bertz CT molecular complexity index is 717. The van der Waals surface area contributed by atoms with Crippen LogP contribution in [0, 0.1) is 13.8 Å². The summed E-state index contributed by atoms with van der Waals surface area (Å²) in [5.74, 6) is 0. The van der Waals surface area contributed by atoms with Gasteiger partial charge in [0.05, 0.1) is 35.0 Å². The molecule has 0 aliphatic rings. The van der Waals surface area contributed by atoms with E-state index in [-0.39, 0.29) is 0 Å². The molecule has 0 amide bonds. The maximum Gasteiger partial charge on any atom is 0.0832 e. The Kier molecular flexibility index (Phi) is 3.69. The molecule has 2 heterocycles. The van der Waals surface area contributed by atoms with Crippen molar-refractivity contribution in [3.63, 3.8) is 0 Å². The van der Waals surface area contributed by atoms with E-state index in [9.17, 15) is 0 Å². The van der Waals surface area contributed by atoms with Gasteiger partial charge < -0.3 is 5.32 Å². The normalized spacial score (nSPS) is 10.6. The number of nitrogens with zero attached hydrogens (tertiary/aromatic N) is 3. The zero-order valence-corrected chi connectivity index (χ0v) is 12.2. The van der Waals surface area contributed by atoms with Gasteiger partial charge >= 0.3 is 0 Å². The Hall–Kier alpha value is -2.62. The summed E-state index contributed by atoms with van der Waals surface area (Å²) in [4.78, 5) is 4.33. The second kappa shape index (κ2) is 5.79. The van der Waals surface area contributed by atoms with E-state index in [1.54, 1.807) is 0 Å². The number of para-hydroxylation sites is 1. The molecular weight excluding hydrogens is 260 g/mol. The molecule has 106 valence electrons. The first-order valence-electron chi connectivity index (χ1n) is 7.01. The van der Waals surface area contributed by atoms with Gasteiger partial charge in [0.2, 0.25) is 0 Å². The summed E-state index contributed by atoms with van der Waals surface area (Å²) < 4.78 is 1.97. The molecule has 3 rings (SSSR count). The Balaban J connectivity index is 1.85. The number of nitrogens with one attached hydrogen (secondary N) is 1. The minimum atomic E-state index is 0.697. The van der Waals surface area contributed by atoms with Gasteiger partial charge in [-0.1, -0.05) is 24.3 Å². The number of pyridine rings is 1. The largest absolute Gasteiger partial charge is 0.376 e. The van der Waals surface area contributed by atoms with Crippen molar-refractivity contribution in [3.8, 4) is 5.69 Å². The number of rotatable bonds is 4. The smallest absolute Gasteiger partial charge is 0.0832 e. The highest BCUT2D eigenvalue weighted by Crippen LogP contribution is 2.23. The van der Waals surface area contributed by atoms with Crippen molar-refractivity contribution in [1.82, 2.24) is 14.8 Å². The van der Waals surface area contributed by atoms with Crippen LogP contribution in [-0.2, 0) is 6.54 Å². The first-order chi connectivity index (χ1) is 10.3. The molecule has 0 unspecified atom stereocenters. The second-order valence-corrected chi connectivity index (χ2v) is 4.97. The van der Waals surface area contributed by atoms with Gasteiger partial charge in [-0.25, -0.2) is 4.68 Å². The summed E-state index contributed by atoms with van der Waals surface area (Å²) in [5, 5.41) is 8.07. The van der Waals surface area contributed by atoms with E-state index in [0.29, 0.717) is 6.54 Å².